The highest BCUT2D eigenvalue weighted by atomic mass is 79.9. The van der Waals surface area contributed by atoms with Gasteiger partial charge in [0.25, 0.3) is 0 Å². The Morgan fingerprint density at radius 3 is 2.44 bits per heavy atom. The average Bonchev–Trinajstić information content (AvgIpc) is 2.86. The molecule has 0 saturated carbocycles. The first-order chi connectivity index (χ1) is 8.69. The van der Waals surface area contributed by atoms with Gasteiger partial charge in [-0.05, 0) is 35.9 Å². The first kappa shape index (κ1) is 12.5. The van der Waals surface area contributed by atoms with Crippen molar-refractivity contribution in [2.45, 2.75) is 0 Å². The van der Waals surface area contributed by atoms with E-state index in [1.807, 2.05) is 24.3 Å². The molecule has 0 aliphatic heterocycles. The summed E-state index contributed by atoms with van der Waals surface area (Å²) >= 11 is 3.33. The van der Waals surface area contributed by atoms with Crippen LogP contribution in [0.1, 0.15) is 26.7 Å². The third kappa shape index (κ3) is 3.05. The number of hydrogen-bond donors (Lipinski definition) is 0. The van der Waals surface area contributed by atoms with Crippen LogP contribution < -0.4 is 0 Å². The Kier molecular flexibility index (Phi) is 3.89. The summed E-state index contributed by atoms with van der Waals surface area (Å²) in [5.41, 5.74) is 0.911. The molecule has 0 N–H and O–H groups in total. The van der Waals surface area contributed by atoms with Gasteiger partial charge in [0, 0.05) is 4.47 Å². The van der Waals surface area contributed by atoms with E-state index in [9.17, 15) is 9.59 Å². The minimum absolute atomic E-state index is 0.149. The molecule has 90 valence electrons. The highest BCUT2D eigenvalue weighted by Crippen LogP contribution is 2.12. The Labute approximate surface area is 112 Å². The lowest BCUT2D eigenvalue weighted by Gasteiger charge is -1.93. The van der Waals surface area contributed by atoms with Crippen LogP contribution in [-0.2, 0) is 0 Å². The number of ketones is 1. The zero-order valence-electron chi connectivity index (χ0n) is 9.30. The Balaban J connectivity index is 2.11. The van der Waals surface area contributed by atoms with Gasteiger partial charge in [-0.2, -0.15) is 0 Å². The van der Waals surface area contributed by atoms with Crippen LogP contribution in [0.3, 0.4) is 0 Å². The Bertz CT molecular complexity index is 594. The molecule has 0 unspecified atom stereocenters. The van der Waals surface area contributed by atoms with Crippen molar-refractivity contribution in [3.63, 3.8) is 0 Å². The normalized spacial score (nSPS) is 10.7. The summed E-state index contributed by atoms with van der Waals surface area (Å²) in [6, 6.07) is 10.5. The lowest BCUT2D eigenvalue weighted by Crippen LogP contribution is -1.90. The molecule has 0 radical (unpaired) electrons. The van der Waals surface area contributed by atoms with E-state index in [0.29, 0.717) is 6.29 Å². The number of benzene rings is 1. The molecule has 0 saturated heterocycles. The first-order valence-corrected chi connectivity index (χ1v) is 6.01. The Morgan fingerprint density at radius 1 is 1.11 bits per heavy atom. The number of furan rings is 1. The molecule has 3 nitrogen and oxygen atoms in total. The van der Waals surface area contributed by atoms with Crippen molar-refractivity contribution in [3.8, 4) is 0 Å². The summed E-state index contributed by atoms with van der Waals surface area (Å²) in [6.45, 7) is 0. The monoisotopic (exact) mass is 304 g/mol. The van der Waals surface area contributed by atoms with Crippen LogP contribution in [0.15, 0.2) is 51.4 Å². The first-order valence-electron chi connectivity index (χ1n) is 5.22. The molecule has 0 bridgehead atoms. The zero-order valence-corrected chi connectivity index (χ0v) is 10.9. The number of aldehydes is 1. The summed E-state index contributed by atoms with van der Waals surface area (Å²) in [5, 5.41) is 0. The SMILES string of the molecule is O=Cc1ccc(C(=O)C=Cc2ccc(Br)cc2)o1. The zero-order chi connectivity index (χ0) is 13.0. The molecule has 18 heavy (non-hydrogen) atoms. The fourth-order valence-electron chi connectivity index (χ4n) is 1.38. The van der Waals surface area contributed by atoms with E-state index < -0.39 is 0 Å². The maximum Gasteiger partial charge on any atom is 0.221 e. The van der Waals surface area contributed by atoms with Crippen LogP contribution in [0.5, 0.6) is 0 Å². The van der Waals surface area contributed by atoms with Crippen LogP contribution in [0.4, 0.5) is 0 Å². The molecule has 1 aromatic carbocycles. The second-order valence-electron chi connectivity index (χ2n) is 3.57. The van der Waals surface area contributed by atoms with Crippen molar-refractivity contribution >= 4 is 34.1 Å². The maximum absolute atomic E-state index is 11.7. The number of carbonyl (C=O) groups is 2. The van der Waals surface area contributed by atoms with Crippen LogP contribution in [0.2, 0.25) is 0 Å². The van der Waals surface area contributed by atoms with E-state index in [-0.39, 0.29) is 17.3 Å². The smallest absolute Gasteiger partial charge is 0.221 e. The van der Waals surface area contributed by atoms with Crippen LogP contribution in [-0.4, -0.2) is 12.1 Å². The van der Waals surface area contributed by atoms with Gasteiger partial charge < -0.3 is 4.42 Å². The maximum atomic E-state index is 11.7. The standard InChI is InChI=1S/C14H9BrO3/c15-11-4-1-10(2-5-11)3-7-13(17)14-8-6-12(9-16)18-14/h1-9H. The van der Waals surface area contributed by atoms with Gasteiger partial charge in [0.15, 0.2) is 17.8 Å². The van der Waals surface area contributed by atoms with E-state index in [2.05, 4.69) is 15.9 Å². The van der Waals surface area contributed by atoms with E-state index in [1.165, 1.54) is 18.2 Å². The van der Waals surface area contributed by atoms with Gasteiger partial charge in [0.1, 0.15) is 0 Å². The van der Waals surface area contributed by atoms with Gasteiger partial charge in [-0.1, -0.05) is 34.1 Å². The van der Waals surface area contributed by atoms with Crippen molar-refractivity contribution < 1.29 is 14.0 Å². The van der Waals surface area contributed by atoms with Crippen LogP contribution in [0.25, 0.3) is 6.08 Å². The fourth-order valence-corrected chi connectivity index (χ4v) is 1.64. The second kappa shape index (κ2) is 5.60. The fraction of sp³-hybridized carbons (Fsp3) is 0. The van der Waals surface area contributed by atoms with Gasteiger partial charge >= 0.3 is 0 Å². The Morgan fingerprint density at radius 2 is 1.83 bits per heavy atom. The molecular formula is C14H9BrO3. The van der Waals surface area contributed by atoms with E-state index in [1.54, 1.807) is 6.08 Å². The summed E-state index contributed by atoms with van der Waals surface area (Å²) in [6.07, 6.45) is 3.67. The number of halogens is 1. The highest BCUT2D eigenvalue weighted by molar-refractivity contribution is 9.10. The summed E-state index contributed by atoms with van der Waals surface area (Å²) in [7, 11) is 0. The molecule has 0 spiro atoms. The lowest BCUT2D eigenvalue weighted by molar-refractivity contribution is 0.101. The van der Waals surface area contributed by atoms with Gasteiger partial charge in [-0.15, -0.1) is 0 Å². The molecule has 0 aliphatic rings. The molecule has 0 atom stereocenters. The third-order valence-electron chi connectivity index (χ3n) is 2.28. The summed E-state index contributed by atoms with van der Waals surface area (Å²) in [5.74, 6) is 0.0341. The molecule has 1 aromatic heterocycles. The lowest BCUT2D eigenvalue weighted by atomic mass is 10.2. The molecule has 0 amide bonds. The topological polar surface area (TPSA) is 47.3 Å². The van der Waals surface area contributed by atoms with Crippen LogP contribution >= 0.6 is 15.9 Å². The van der Waals surface area contributed by atoms with E-state index >= 15 is 0 Å². The van der Waals surface area contributed by atoms with E-state index in [0.717, 1.165) is 10.0 Å². The van der Waals surface area contributed by atoms with Crippen molar-refractivity contribution in [2.24, 2.45) is 0 Å². The molecule has 0 aliphatic carbocycles. The van der Waals surface area contributed by atoms with Gasteiger partial charge in [-0.3, -0.25) is 9.59 Å². The van der Waals surface area contributed by atoms with Gasteiger partial charge in [0.05, 0.1) is 0 Å². The molecule has 0 fully saturated rings. The largest absolute Gasteiger partial charge is 0.450 e. The predicted molar refractivity (Wildman–Crippen MR) is 71.6 cm³/mol. The van der Waals surface area contributed by atoms with Crippen molar-refractivity contribution in [2.75, 3.05) is 0 Å². The minimum Gasteiger partial charge on any atom is -0.450 e. The third-order valence-corrected chi connectivity index (χ3v) is 2.81. The van der Waals surface area contributed by atoms with Crippen LogP contribution in [0, 0.1) is 0 Å². The quantitative estimate of drug-likeness (QED) is 0.491. The van der Waals surface area contributed by atoms with E-state index in [4.69, 9.17) is 4.42 Å². The summed E-state index contributed by atoms with van der Waals surface area (Å²) < 4.78 is 6.01. The molecule has 2 rings (SSSR count). The average molecular weight is 305 g/mol. The van der Waals surface area contributed by atoms with Gasteiger partial charge in [0.2, 0.25) is 5.78 Å². The minimum atomic E-state index is -0.272. The number of allylic oxidation sites excluding steroid dienone is 1. The summed E-state index contributed by atoms with van der Waals surface area (Å²) in [4.78, 5) is 22.1. The number of rotatable bonds is 4. The second-order valence-corrected chi connectivity index (χ2v) is 4.48. The molecule has 1 heterocycles. The number of hydrogen-bond acceptors (Lipinski definition) is 3. The number of carbonyl (C=O) groups excluding carboxylic acids is 2. The Hall–Kier alpha value is -1.94. The van der Waals surface area contributed by atoms with Crippen molar-refractivity contribution in [3.05, 3.63) is 64.0 Å². The molecule has 4 heteroatoms. The van der Waals surface area contributed by atoms with Crippen molar-refractivity contribution in [1.82, 2.24) is 0 Å². The molecular weight excluding hydrogens is 296 g/mol. The molecule has 2 aromatic rings. The predicted octanol–water partition coefficient (Wildman–Crippen LogP) is 3.75. The van der Waals surface area contributed by atoms with Gasteiger partial charge in [-0.25, -0.2) is 0 Å². The van der Waals surface area contributed by atoms with Crippen molar-refractivity contribution in [1.29, 1.82) is 0 Å². The highest BCUT2D eigenvalue weighted by Gasteiger charge is 2.07.